The highest BCUT2D eigenvalue weighted by Gasteiger charge is 2.29. The van der Waals surface area contributed by atoms with Gasteiger partial charge >= 0.3 is 5.97 Å². The Bertz CT molecular complexity index is 1100. The largest absolute Gasteiger partial charge is 0.447 e. The van der Waals surface area contributed by atoms with Crippen molar-refractivity contribution in [2.45, 2.75) is 33.8 Å². The number of ketones is 1. The van der Waals surface area contributed by atoms with Crippen molar-refractivity contribution in [1.82, 2.24) is 9.78 Å². The van der Waals surface area contributed by atoms with Crippen LogP contribution >= 0.6 is 0 Å². The van der Waals surface area contributed by atoms with Gasteiger partial charge in [-0.1, -0.05) is 30.3 Å². The van der Waals surface area contributed by atoms with Crippen molar-refractivity contribution in [2.75, 3.05) is 5.32 Å². The number of nitrogens with zero attached hydrogens (tertiary/aromatic N) is 2. The highest BCUT2D eigenvalue weighted by molar-refractivity contribution is 6.41. The molecule has 0 radical (unpaired) electrons. The zero-order chi connectivity index (χ0) is 21.8. The number of hydrogen-bond donors (Lipinski definition) is 1. The van der Waals surface area contributed by atoms with E-state index in [1.54, 1.807) is 36.7 Å². The van der Waals surface area contributed by atoms with E-state index in [9.17, 15) is 14.4 Å². The number of ether oxygens (including phenoxy) is 1. The van der Waals surface area contributed by atoms with E-state index in [1.165, 1.54) is 6.92 Å². The van der Waals surface area contributed by atoms with Gasteiger partial charge < -0.3 is 10.1 Å². The molecule has 30 heavy (non-hydrogen) atoms. The van der Waals surface area contributed by atoms with Crippen molar-refractivity contribution in [3.05, 3.63) is 77.1 Å². The molecule has 7 heteroatoms. The molecule has 7 nitrogen and oxygen atoms in total. The molecular formula is C23H23N3O4. The number of benzene rings is 2. The molecule has 0 aliphatic rings. The molecule has 1 N–H and O–H groups in total. The van der Waals surface area contributed by atoms with Crippen molar-refractivity contribution >= 4 is 23.3 Å². The molecule has 0 bridgehead atoms. The maximum Gasteiger partial charge on any atom is 0.380 e. The number of para-hydroxylation sites is 1. The van der Waals surface area contributed by atoms with E-state index >= 15 is 0 Å². The lowest BCUT2D eigenvalue weighted by molar-refractivity contribution is -0.148. The van der Waals surface area contributed by atoms with Crippen LogP contribution in [0.15, 0.2) is 54.6 Å². The molecule has 3 aromatic rings. The van der Waals surface area contributed by atoms with Gasteiger partial charge in [-0.15, -0.1) is 0 Å². The Labute approximate surface area is 174 Å². The van der Waals surface area contributed by atoms with Gasteiger partial charge in [0.15, 0.2) is 6.10 Å². The van der Waals surface area contributed by atoms with Crippen LogP contribution in [-0.4, -0.2) is 33.5 Å². The highest BCUT2D eigenvalue weighted by atomic mass is 16.6. The first-order valence-corrected chi connectivity index (χ1v) is 9.52. The molecule has 0 aliphatic heterocycles. The Hall–Kier alpha value is -3.74. The SMILES string of the molecule is Cc1cccc(NC(=O)C(C)OC(=O)C(=O)c2c(C)nn(-c3ccccc3)c2C)c1. The van der Waals surface area contributed by atoms with Crippen molar-refractivity contribution in [1.29, 1.82) is 0 Å². The van der Waals surface area contributed by atoms with E-state index in [1.807, 2.05) is 43.3 Å². The Morgan fingerprint density at radius 2 is 1.70 bits per heavy atom. The molecule has 1 atom stereocenters. The minimum Gasteiger partial charge on any atom is -0.447 e. The first kappa shape index (κ1) is 21.0. The molecule has 1 heterocycles. The summed E-state index contributed by atoms with van der Waals surface area (Å²) in [6, 6.07) is 16.5. The third-order valence-electron chi connectivity index (χ3n) is 4.64. The lowest BCUT2D eigenvalue weighted by Crippen LogP contribution is -2.32. The normalized spacial score (nSPS) is 11.6. The second kappa shape index (κ2) is 8.73. The Kier molecular flexibility index (Phi) is 6.11. The quantitative estimate of drug-likeness (QED) is 0.385. The summed E-state index contributed by atoms with van der Waals surface area (Å²) in [5.41, 5.74) is 3.46. The number of rotatable bonds is 6. The van der Waals surface area contributed by atoms with Crippen LogP contribution in [0.3, 0.4) is 0 Å². The predicted octanol–water partition coefficient (Wildman–Crippen LogP) is 3.55. The van der Waals surface area contributed by atoms with E-state index in [4.69, 9.17) is 4.74 Å². The van der Waals surface area contributed by atoms with Crippen molar-refractivity contribution in [3.8, 4) is 5.69 Å². The number of carbonyl (C=O) groups excluding carboxylic acids is 3. The van der Waals surface area contributed by atoms with Gasteiger partial charge in [0.05, 0.1) is 22.6 Å². The van der Waals surface area contributed by atoms with Crippen LogP contribution in [0.25, 0.3) is 5.69 Å². The number of anilines is 1. The second-order valence-electron chi connectivity index (χ2n) is 7.03. The van der Waals surface area contributed by atoms with Crippen LogP contribution in [0.4, 0.5) is 5.69 Å². The van der Waals surface area contributed by atoms with Crippen LogP contribution < -0.4 is 5.32 Å². The topological polar surface area (TPSA) is 90.3 Å². The maximum atomic E-state index is 12.7. The zero-order valence-corrected chi connectivity index (χ0v) is 17.3. The number of esters is 1. The van der Waals surface area contributed by atoms with Crippen LogP contribution in [0, 0.1) is 20.8 Å². The molecule has 0 saturated heterocycles. The van der Waals surface area contributed by atoms with E-state index in [0.717, 1.165) is 11.3 Å². The molecule has 0 saturated carbocycles. The van der Waals surface area contributed by atoms with Crippen molar-refractivity contribution in [3.63, 3.8) is 0 Å². The number of aromatic nitrogens is 2. The van der Waals surface area contributed by atoms with Crippen LogP contribution in [0.1, 0.15) is 34.2 Å². The average Bonchev–Trinajstić information content (AvgIpc) is 3.02. The number of amides is 1. The van der Waals surface area contributed by atoms with Gasteiger partial charge in [-0.2, -0.15) is 5.10 Å². The number of hydrogen-bond acceptors (Lipinski definition) is 5. The van der Waals surface area contributed by atoms with Gasteiger partial charge in [0.25, 0.3) is 11.7 Å². The first-order chi connectivity index (χ1) is 14.3. The van der Waals surface area contributed by atoms with Gasteiger partial charge in [0.1, 0.15) is 0 Å². The Morgan fingerprint density at radius 3 is 2.37 bits per heavy atom. The lowest BCUT2D eigenvalue weighted by atomic mass is 10.1. The number of aryl methyl sites for hydroxylation is 2. The summed E-state index contributed by atoms with van der Waals surface area (Å²) in [6.45, 7) is 6.68. The van der Waals surface area contributed by atoms with E-state index in [-0.39, 0.29) is 5.56 Å². The molecule has 2 aromatic carbocycles. The van der Waals surface area contributed by atoms with Gasteiger partial charge in [-0.3, -0.25) is 9.59 Å². The van der Waals surface area contributed by atoms with Crippen LogP contribution in [0.2, 0.25) is 0 Å². The van der Waals surface area contributed by atoms with Gasteiger partial charge in [-0.25, -0.2) is 9.48 Å². The number of nitrogens with one attached hydrogen (secondary N) is 1. The lowest BCUT2D eigenvalue weighted by Gasteiger charge is -2.13. The van der Waals surface area contributed by atoms with Crippen LogP contribution in [0.5, 0.6) is 0 Å². The molecule has 0 fully saturated rings. The first-order valence-electron chi connectivity index (χ1n) is 9.52. The molecule has 0 aliphatic carbocycles. The second-order valence-corrected chi connectivity index (χ2v) is 7.03. The van der Waals surface area contributed by atoms with Crippen LogP contribution in [-0.2, 0) is 14.3 Å². The number of carbonyl (C=O) groups is 3. The van der Waals surface area contributed by atoms with E-state index in [2.05, 4.69) is 10.4 Å². The Balaban J connectivity index is 1.72. The fraction of sp³-hybridized carbons (Fsp3) is 0.217. The van der Waals surface area contributed by atoms with Gasteiger partial charge in [0, 0.05) is 5.69 Å². The molecule has 1 amide bonds. The van der Waals surface area contributed by atoms with E-state index < -0.39 is 23.8 Å². The standard InChI is InChI=1S/C23H23N3O4/c1-14-9-8-10-18(13-14)24-22(28)17(4)30-23(29)21(27)20-15(2)25-26(16(20)3)19-11-6-5-7-12-19/h5-13,17H,1-4H3,(H,24,28). The maximum absolute atomic E-state index is 12.7. The fourth-order valence-corrected chi connectivity index (χ4v) is 3.13. The van der Waals surface area contributed by atoms with Crippen molar-refractivity contribution in [2.24, 2.45) is 0 Å². The summed E-state index contributed by atoms with van der Waals surface area (Å²) in [5, 5.41) is 7.04. The summed E-state index contributed by atoms with van der Waals surface area (Å²) in [4.78, 5) is 37.5. The third kappa shape index (κ3) is 4.46. The molecular weight excluding hydrogens is 382 g/mol. The monoisotopic (exact) mass is 405 g/mol. The fourth-order valence-electron chi connectivity index (χ4n) is 3.13. The smallest absolute Gasteiger partial charge is 0.380 e. The summed E-state index contributed by atoms with van der Waals surface area (Å²) in [6.07, 6.45) is -1.13. The number of Topliss-reactive ketones (excluding diaryl/α,β-unsaturated/α-hetero) is 1. The minimum absolute atomic E-state index is 0.176. The summed E-state index contributed by atoms with van der Waals surface area (Å²) < 4.78 is 6.72. The molecule has 1 aromatic heterocycles. The van der Waals surface area contributed by atoms with Gasteiger partial charge in [0.2, 0.25) is 0 Å². The summed E-state index contributed by atoms with van der Waals surface area (Å²) in [5.74, 6) is -2.45. The molecule has 154 valence electrons. The molecule has 1 unspecified atom stereocenters. The summed E-state index contributed by atoms with van der Waals surface area (Å²) >= 11 is 0. The van der Waals surface area contributed by atoms with Gasteiger partial charge in [-0.05, 0) is 57.5 Å². The Morgan fingerprint density at radius 1 is 1.00 bits per heavy atom. The van der Waals surface area contributed by atoms with E-state index in [0.29, 0.717) is 17.1 Å². The summed E-state index contributed by atoms with van der Waals surface area (Å²) in [7, 11) is 0. The average molecular weight is 405 g/mol. The minimum atomic E-state index is -1.13. The third-order valence-corrected chi connectivity index (χ3v) is 4.64. The van der Waals surface area contributed by atoms with Crippen molar-refractivity contribution < 1.29 is 19.1 Å². The highest BCUT2D eigenvalue weighted by Crippen LogP contribution is 2.19. The zero-order valence-electron chi connectivity index (χ0n) is 17.3. The molecule has 3 rings (SSSR count). The molecule has 0 spiro atoms. The predicted molar refractivity (Wildman–Crippen MR) is 113 cm³/mol.